The van der Waals surface area contributed by atoms with Crippen LogP contribution in [0.25, 0.3) is 0 Å². The molecule has 1 rings (SSSR count). The van der Waals surface area contributed by atoms with Gasteiger partial charge in [-0.15, -0.1) is 0 Å². The summed E-state index contributed by atoms with van der Waals surface area (Å²) in [5.41, 5.74) is 0. The molecular formula is C8H17NO2. The highest BCUT2D eigenvalue weighted by Crippen LogP contribution is 2.18. The van der Waals surface area contributed by atoms with Crippen molar-refractivity contribution in [2.24, 2.45) is 0 Å². The molecule has 1 fully saturated rings. The Hall–Kier alpha value is -0.120. The lowest BCUT2D eigenvalue weighted by Crippen LogP contribution is -2.29. The molecule has 0 aliphatic heterocycles. The van der Waals surface area contributed by atoms with E-state index in [4.69, 9.17) is 4.74 Å². The van der Waals surface area contributed by atoms with Crippen molar-refractivity contribution in [3.05, 3.63) is 0 Å². The third-order valence-corrected chi connectivity index (χ3v) is 1.87. The standard InChI is InChI=1S/C8H17NO2/c1-11-5-4-8(10)6-9-7-2-3-7/h7-10H,2-6H2,1H3. The van der Waals surface area contributed by atoms with E-state index in [-0.39, 0.29) is 6.10 Å². The van der Waals surface area contributed by atoms with E-state index in [9.17, 15) is 5.11 Å². The molecule has 0 aromatic heterocycles. The van der Waals surface area contributed by atoms with Gasteiger partial charge in [0.2, 0.25) is 0 Å². The number of rotatable bonds is 6. The van der Waals surface area contributed by atoms with Crippen molar-refractivity contribution in [3.63, 3.8) is 0 Å². The van der Waals surface area contributed by atoms with Gasteiger partial charge in [0.25, 0.3) is 0 Å². The molecule has 1 atom stereocenters. The van der Waals surface area contributed by atoms with Crippen LogP contribution in [0.3, 0.4) is 0 Å². The lowest BCUT2D eigenvalue weighted by molar-refractivity contribution is 0.109. The third-order valence-electron chi connectivity index (χ3n) is 1.87. The topological polar surface area (TPSA) is 41.5 Å². The molecule has 0 amide bonds. The SMILES string of the molecule is COCCC(O)CNC1CC1. The maximum absolute atomic E-state index is 9.31. The van der Waals surface area contributed by atoms with Crippen molar-refractivity contribution in [2.45, 2.75) is 31.4 Å². The minimum atomic E-state index is -0.240. The Morgan fingerprint density at radius 2 is 2.36 bits per heavy atom. The Morgan fingerprint density at radius 1 is 1.64 bits per heavy atom. The molecule has 0 aromatic rings. The lowest BCUT2D eigenvalue weighted by Gasteiger charge is -2.09. The summed E-state index contributed by atoms with van der Waals surface area (Å²) in [5, 5.41) is 12.6. The fourth-order valence-electron chi connectivity index (χ4n) is 0.946. The molecule has 0 aromatic carbocycles. The van der Waals surface area contributed by atoms with Crippen LogP contribution in [0.5, 0.6) is 0 Å². The van der Waals surface area contributed by atoms with E-state index < -0.39 is 0 Å². The van der Waals surface area contributed by atoms with Gasteiger partial charge in [0.05, 0.1) is 6.10 Å². The van der Waals surface area contributed by atoms with Crippen molar-refractivity contribution >= 4 is 0 Å². The zero-order chi connectivity index (χ0) is 8.10. The number of nitrogens with one attached hydrogen (secondary N) is 1. The quantitative estimate of drug-likeness (QED) is 0.579. The van der Waals surface area contributed by atoms with Gasteiger partial charge in [-0.05, 0) is 19.3 Å². The first-order valence-corrected chi connectivity index (χ1v) is 4.23. The number of hydrogen-bond acceptors (Lipinski definition) is 3. The molecule has 11 heavy (non-hydrogen) atoms. The van der Waals surface area contributed by atoms with Crippen LogP contribution in [0.1, 0.15) is 19.3 Å². The minimum Gasteiger partial charge on any atom is -0.392 e. The van der Waals surface area contributed by atoms with Gasteiger partial charge in [-0.2, -0.15) is 0 Å². The molecule has 0 saturated heterocycles. The van der Waals surface area contributed by atoms with Gasteiger partial charge >= 0.3 is 0 Å². The fourth-order valence-corrected chi connectivity index (χ4v) is 0.946. The third kappa shape index (κ3) is 4.35. The minimum absolute atomic E-state index is 0.240. The highest BCUT2D eigenvalue weighted by atomic mass is 16.5. The monoisotopic (exact) mass is 159 g/mol. The van der Waals surface area contributed by atoms with Crippen molar-refractivity contribution in [1.82, 2.24) is 5.32 Å². The maximum atomic E-state index is 9.31. The number of ether oxygens (including phenoxy) is 1. The van der Waals surface area contributed by atoms with Crippen LogP contribution in [-0.4, -0.2) is 37.5 Å². The van der Waals surface area contributed by atoms with Crippen molar-refractivity contribution in [3.8, 4) is 0 Å². The van der Waals surface area contributed by atoms with E-state index in [1.807, 2.05) is 0 Å². The van der Waals surface area contributed by atoms with Gasteiger partial charge in [-0.25, -0.2) is 0 Å². The van der Waals surface area contributed by atoms with E-state index in [0.717, 1.165) is 6.42 Å². The Balaban J connectivity index is 1.87. The van der Waals surface area contributed by atoms with Gasteiger partial charge < -0.3 is 15.2 Å². The summed E-state index contributed by atoms with van der Waals surface area (Å²) in [6.45, 7) is 1.36. The van der Waals surface area contributed by atoms with Crippen molar-refractivity contribution < 1.29 is 9.84 Å². The molecule has 1 saturated carbocycles. The summed E-state index contributed by atoms with van der Waals surface area (Å²) in [6.07, 6.45) is 3.04. The number of hydrogen-bond donors (Lipinski definition) is 2. The van der Waals surface area contributed by atoms with Crippen LogP contribution in [0.4, 0.5) is 0 Å². The molecule has 66 valence electrons. The zero-order valence-electron chi connectivity index (χ0n) is 7.05. The fraction of sp³-hybridized carbons (Fsp3) is 1.00. The number of aliphatic hydroxyl groups excluding tert-OH is 1. The molecular weight excluding hydrogens is 142 g/mol. The molecule has 0 bridgehead atoms. The largest absolute Gasteiger partial charge is 0.392 e. The van der Waals surface area contributed by atoms with E-state index in [1.54, 1.807) is 7.11 Å². The molecule has 1 aliphatic rings. The zero-order valence-corrected chi connectivity index (χ0v) is 7.05. The first-order chi connectivity index (χ1) is 5.33. The summed E-state index contributed by atoms with van der Waals surface area (Å²) in [7, 11) is 1.65. The second kappa shape index (κ2) is 4.70. The average Bonchev–Trinajstić information content (AvgIpc) is 2.80. The maximum Gasteiger partial charge on any atom is 0.0686 e. The lowest BCUT2D eigenvalue weighted by atomic mass is 10.2. The Labute approximate surface area is 67.7 Å². The first-order valence-electron chi connectivity index (χ1n) is 4.23. The highest BCUT2D eigenvalue weighted by Gasteiger charge is 2.20. The smallest absolute Gasteiger partial charge is 0.0686 e. The van der Waals surface area contributed by atoms with Crippen LogP contribution in [0, 0.1) is 0 Å². The van der Waals surface area contributed by atoms with Gasteiger partial charge in [0.1, 0.15) is 0 Å². The first kappa shape index (κ1) is 8.97. The second-order valence-corrected chi connectivity index (χ2v) is 3.12. The summed E-state index contributed by atoms with van der Waals surface area (Å²) >= 11 is 0. The number of aliphatic hydroxyl groups is 1. The Morgan fingerprint density at radius 3 is 2.91 bits per heavy atom. The molecule has 3 nitrogen and oxygen atoms in total. The van der Waals surface area contributed by atoms with E-state index >= 15 is 0 Å². The highest BCUT2D eigenvalue weighted by molar-refractivity contribution is 4.81. The predicted octanol–water partition coefficient (Wildman–Crippen LogP) is 0.136. The van der Waals surface area contributed by atoms with Crippen LogP contribution in [0.2, 0.25) is 0 Å². The van der Waals surface area contributed by atoms with Crippen LogP contribution >= 0.6 is 0 Å². The summed E-state index contributed by atoms with van der Waals surface area (Å²) in [6, 6.07) is 0.687. The van der Waals surface area contributed by atoms with Crippen molar-refractivity contribution in [2.75, 3.05) is 20.3 Å². The average molecular weight is 159 g/mol. The van der Waals surface area contributed by atoms with Crippen LogP contribution in [-0.2, 0) is 4.74 Å². The van der Waals surface area contributed by atoms with Gasteiger partial charge in [0, 0.05) is 26.3 Å². The Kier molecular flexibility index (Phi) is 3.83. The van der Waals surface area contributed by atoms with Gasteiger partial charge in [-0.3, -0.25) is 0 Å². The second-order valence-electron chi connectivity index (χ2n) is 3.12. The molecule has 0 radical (unpaired) electrons. The molecule has 0 heterocycles. The Bertz CT molecular complexity index is 104. The normalized spacial score (nSPS) is 20.2. The molecule has 1 aliphatic carbocycles. The van der Waals surface area contributed by atoms with Crippen LogP contribution < -0.4 is 5.32 Å². The van der Waals surface area contributed by atoms with Gasteiger partial charge in [0.15, 0.2) is 0 Å². The van der Waals surface area contributed by atoms with E-state index in [2.05, 4.69) is 5.32 Å². The molecule has 0 spiro atoms. The summed E-state index contributed by atoms with van der Waals surface area (Å²) in [4.78, 5) is 0. The predicted molar refractivity (Wildman–Crippen MR) is 43.5 cm³/mol. The number of methoxy groups -OCH3 is 1. The van der Waals surface area contributed by atoms with E-state index in [0.29, 0.717) is 19.2 Å². The molecule has 3 heteroatoms. The summed E-state index contributed by atoms with van der Waals surface area (Å²) < 4.78 is 4.85. The summed E-state index contributed by atoms with van der Waals surface area (Å²) in [5.74, 6) is 0. The van der Waals surface area contributed by atoms with E-state index in [1.165, 1.54) is 12.8 Å². The van der Waals surface area contributed by atoms with Gasteiger partial charge in [-0.1, -0.05) is 0 Å². The van der Waals surface area contributed by atoms with Crippen LogP contribution in [0.15, 0.2) is 0 Å². The molecule has 1 unspecified atom stereocenters. The van der Waals surface area contributed by atoms with Crippen molar-refractivity contribution in [1.29, 1.82) is 0 Å². The molecule has 2 N–H and O–H groups in total.